The van der Waals surface area contributed by atoms with Crippen LogP contribution in [0, 0.1) is 0 Å². The second-order valence-corrected chi connectivity index (χ2v) is 9.55. The summed E-state index contributed by atoms with van der Waals surface area (Å²) in [5.41, 5.74) is 0.947. The number of ether oxygens (including phenoxy) is 1. The fraction of sp³-hybridized carbons (Fsp3) is 0.211. The minimum Gasteiger partial charge on any atom is -0.465 e. The van der Waals surface area contributed by atoms with Crippen LogP contribution in [0.1, 0.15) is 17.3 Å². The molecule has 158 valence electrons. The second-order valence-electron chi connectivity index (χ2n) is 6.10. The molecule has 2 N–H and O–H groups in total. The summed E-state index contributed by atoms with van der Waals surface area (Å²) in [5.74, 6) is -0.968. The van der Waals surface area contributed by atoms with Gasteiger partial charge in [-0.25, -0.2) is 13.6 Å². The number of thiazole rings is 1. The summed E-state index contributed by atoms with van der Waals surface area (Å²) in [5, 5.41) is 5.21. The number of thioether (sulfide) groups is 1. The molecule has 0 bridgehead atoms. The molecule has 0 spiro atoms. The van der Waals surface area contributed by atoms with Gasteiger partial charge in [-0.3, -0.25) is 9.59 Å². The van der Waals surface area contributed by atoms with E-state index in [-0.39, 0.29) is 22.8 Å². The molecule has 30 heavy (non-hydrogen) atoms. The zero-order valence-corrected chi connectivity index (χ0v) is 18.6. The first-order valence-corrected chi connectivity index (χ1v) is 12.4. The van der Waals surface area contributed by atoms with Crippen LogP contribution in [-0.2, 0) is 26.1 Å². The summed E-state index contributed by atoms with van der Waals surface area (Å²) >= 11 is 2.65. The van der Waals surface area contributed by atoms with Gasteiger partial charge in [-0.1, -0.05) is 11.3 Å². The highest BCUT2D eigenvalue weighted by atomic mass is 32.2. The van der Waals surface area contributed by atoms with Crippen LogP contribution >= 0.6 is 23.1 Å². The molecule has 0 radical (unpaired) electrons. The van der Waals surface area contributed by atoms with Crippen LogP contribution in [-0.4, -0.2) is 37.7 Å². The molecule has 0 saturated carbocycles. The maximum absolute atomic E-state index is 12.7. The van der Waals surface area contributed by atoms with E-state index in [0.29, 0.717) is 15.8 Å². The number of nitrogens with two attached hydrogens (primary N) is 1. The van der Waals surface area contributed by atoms with Crippen LogP contribution in [0.25, 0.3) is 10.2 Å². The molecular weight excluding hydrogens is 446 g/mol. The van der Waals surface area contributed by atoms with Gasteiger partial charge in [0, 0.05) is 10.5 Å². The Hall–Kier alpha value is -2.47. The maximum Gasteiger partial charge on any atom is 0.326 e. The fourth-order valence-corrected chi connectivity index (χ4v) is 4.78. The number of carbonyl (C=O) groups is 2. The quantitative estimate of drug-likeness (QED) is 0.441. The van der Waals surface area contributed by atoms with Gasteiger partial charge >= 0.3 is 5.97 Å². The minimum absolute atomic E-state index is 0.0648. The lowest BCUT2D eigenvalue weighted by atomic mass is 10.2. The summed E-state index contributed by atoms with van der Waals surface area (Å²) in [4.78, 5) is 30.1. The third-order valence-electron chi connectivity index (χ3n) is 4.11. The van der Waals surface area contributed by atoms with Crippen LogP contribution in [0.4, 0.5) is 0 Å². The van der Waals surface area contributed by atoms with Crippen molar-refractivity contribution in [1.29, 1.82) is 0 Å². The lowest BCUT2D eigenvalue weighted by molar-refractivity contribution is -0.143. The number of fused-ring (bicyclic) bond motifs is 1. The van der Waals surface area contributed by atoms with E-state index in [1.165, 1.54) is 22.8 Å². The van der Waals surface area contributed by atoms with E-state index in [2.05, 4.69) is 4.99 Å². The number of hydrogen-bond acceptors (Lipinski definition) is 7. The lowest BCUT2D eigenvalue weighted by Crippen LogP contribution is -2.23. The lowest BCUT2D eigenvalue weighted by Gasteiger charge is -2.05. The highest BCUT2D eigenvalue weighted by molar-refractivity contribution is 7.98. The van der Waals surface area contributed by atoms with Crippen molar-refractivity contribution in [3.05, 3.63) is 52.8 Å². The molecule has 11 heteroatoms. The minimum atomic E-state index is -3.90. The smallest absolute Gasteiger partial charge is 0.326 e. The Kier molecular flexibility index (Phi) is 6.76. The van der Waals surface area contributed by atoms with E-state index in [0.717, 1.165) is 16.2 Å². The van der Waals surface area contributed by atoms with Crippen LogP contribution in [0.15, 0.2) is 57.2 Å². The van der Waals surface area contributed by atoms with Crippen LogP contribution < -0.4 is 9.94 Å². The fourth-order valence-electron chi connectivity index (χ4n) is 2.69. The number of nitrogens with zero attached hydrogens (tertiary/aromatic N) is 2. The Morgan fingerprint density at radius 2 is 1.90 bits per heavy atom. The first-order chi connectivity index (χ1) is 14.2. The topological polar surface area (TPSA) is 121 Å². The van der Waals surface area contributed by atoms with E-state index in [1.807, 2.05) is 18.4 Å². The van der Waals surface area contributed by atoms with Crippen molar-refractivity contribution in [3.8, 4) is 0 Å². The molecule has 0 aliphatic heterocycles. The van der Waals surface area contributed by atoms with Crippen molar-refractivity contribution in [1.82, 2.24) is 4.57 Å². The molecule has 0 saturated heterocycles. The second kappa shape index (κ2) is 9.13. The Labute approximate surface area is 181 Å². The van der Waals surface area contributed by atoms with Crippen LogP contribution in [0.2, 0.25) is 0 Å². The predicted octanol–water partition coefficient (Wildman–Crippen LogP) is 2.38. The molecule has 0 unspecified atom stereocenters. The number of rotatable bonds is 6. The zero-order valence-electron chi connectivity index (χ0n) is 16.2. The summed E-state index contributed by atoms with van der Waals surface area (Å²) in [6.07, 6.45) is 1.94. The van der Waals surface area contributed by atoms with Gasteiger partial charge in [-0.05, 0) is 55.6 Å². The van der Waals surface area contributed by atoms with Crippen molar-refractivity contribution in [2.75, 3.05) is 12.9 Å². The van der Waals surface area contributed by atoms with Gasteiger partial charge in [-0.15, -0.1) is 11.8 Å². The van der Waals surface area contributed by atoms with Gasteiger partial charge in [0.1, 0.15) is 6.54 Å². The van der Waals surface area contributed by atoms with E-state index in [1.54, 1.807) is 30.8 Å². The van der Waals surface area contributed by atoms with Crippen LogP contribution in [0.5, 0.6) is 0 Å². The van der Waals surface area contributed by atoms with Crippen molar-refractivity contribution in [3.63, 3.8) is 0 Å². The largest absolute Gasteiger partial charge is 0.465 e. The molecule has 0 aliphatic rings. The highest BCUT2D eigenvalue weighted by Crippen LogP contribution is 2.22. The van der Waals surface area contributed by atoms with E-state index < -0.39 is 21.9 Å². The summed E-state index contributed by atoms with van der Waals surface area (Å²) in [6, 6.07) is 11.3. The van der Waals surface area contributed by atoms with E-state index in [4.69, 9.17) is 9.88 Å². The van der Waals surface area contributed by atoms with Gasteiger partial charge in [0.25, 0.3) is 5.91 Å². The molecule has 3 aromatic rings. The zero-order chi connectivity index (χ0) is 21.9. The van der Waals surface area contributed by atoms with Crippen LogP contribution in [0.3, 0.4) is 0 Å². The number of esters is 1. The third-order valence-corrected chi connectivity index (χ3v) is 6.81. The van der Waals surface area contributed by atoms with Gasteiger partial charge in [-0.2, -0.15) is 4.99 Å². The first-order valence-electron chi connectivity index (χ1n) is 8.78. The molecule has 0 fully saturated rings. The van der Waals surface area contributed by atoms with E-state index in [9.17, 15) is 18.0 Å². The monoisotopic (exact) mass is 465 g/mol. The number of hydrogen-bond donors (Lipinski definition) is 1. The molecule has 1 amide bonds. The highest BCUT2D eigenvalue weighted by Gasteiger charge is 2.16. The average molecular weight is 466 g/mol. The number of benzene rings is 2. The number of sulfonamides is 1. The Balaban J connectivity index is 2.13. The first kappa shape index (κ1) is 22.2. The Morgan fingerprint density at radius 1 is 1.20 bits per heavy atom. The number of carbonyl (C=O) groups excluding carboxylic acids is 2. The standard InChI is InChI=1S/C19H19N3O5S3/c1-3-27-17(23)11-22-15-9-8-14(30(20,25)26)10-16(15)29-19(22)21-18(24)12-4-6-13(28-2)7-5-12/h4-10H,3,11H2,1-2H3,(H2,20,25,26). The van der Waals surface area contributed by atoms with Crippen molar-refractivity contribution in [2.24, 2.45) is 10.1 Å². The van der Waals surface area contributed by atoms with E-state index >= 15 is 0 Å². The normalized spacial score (nSPS) is 12.3. The van der Waals surface area contributed by atoms with Crippen molar-refractivity contribution >= 4 is 55.2 Å². The third kappa shape index (κ3) is 4.98. The molecule has 1 aromatic heterocycles. The Bertz CT molecular complexity index is 1270. The number of primary sulfonamides is 1. The molecule has 1 heterocycles. The average Bonchev–Trinajstić information content (AvgIpc) is 3.03. The van der Waals surface area contributed by atoms with Gasteiger partial charge in [0.05, 0.1) is 21.7 Å². The van der Waals surface area contributed by atoms with Crippen molar-refractivity contribution < 1.29 is 22.7 Å². The van der Waals surface area contributed by atoms with Gasteiger partial charge < -0.3 is 9.30 Å². The molecular formula is C19H19N3O5S3. The van der Waals surface area contributed by atoms with Crippen molar-refractivity contribution in [2.45, 2.75) is 23.3 Å². The SMILES string of the molecule is CCOC(=O)Cn1c(=NC(=O)c2ccc(SC)cc2)sc2cc(S(N)(=O)=O)ccc21. The molecule has 8 nitrogen and oxygen atoms in total. The summed E-state index contributed by atoms with van der Waals surface area (Å²) in [7, 11) is -3.90. The van der Waals surface area contributed by atoms with Gasteiger partial charge in [0.2, 0.25) is 10.0 Å². The predicted molar refractivity (Wildman–Crippen MR) is 116 cm³/mol. The summed E-state index contributed by atoms with van der Waals surface area (Å²) in [6.45, 7) is 1.74. The molecule has 0 atom stereocenters. The Morgan fingerprint density at radius 3 is 2.50 bits per heavy atom. The molecule has 0 aliphatic carbocycles. The number of amides is 1. The molecule has 3 rings (SSSR count). The molecule has 2 aromatic carbocycles. The van der Waals surface area contributed by atoms with Gasteiger partial charge in [0.15, 0.2) is 4.80 Å². The number of aromatic nitrogens is 1. The maximum atomic E-state index is 12.7. The summed E-state index contributed by atoms with van der Waals surface area (Å²) < 4.78 is 30.4.